The number of allylic oxidation sites excluding steroid dienone is 20. The number of hydrogen-bond acceptors (Lipinski definition) is 15. The van der Waals surface area contributed by atoms with Crippen molar-refractivity contribution in [2.75, 3.05) is 39.6 Å². The van der Waals surface area contributed by atoms with Crippen LogP contribution in [-0.2, 0) is 65.4 Å². The number of carbonyl (C=O) groups is 4. The monoisotopic (exact) mass is 1500 g/mol. The van der Waals surface area contributed by atoms with Crippen LogP contribution in [0.1, 0.15) is 336 Å². The average Bonchev–Trinajstić information content (AvgIpc) is 0.943. The molecule has 104 heavy (non-hydrogen) atoms. The van der Waals surface area contributed by atoms with Gasteiger partial charge in [-0.15, -0.1) is 0 Å². The van der Waals surface area contributed by atoms with Crippen molar-refractivity contribution in [2.24, 2.45) is 0 Å². The Labute approximate surface area is 632 Å². The number of unbranched alkanes of at least 4 members (excludes halogenated alkanes) is 30. The lowest BCUT2D eigenvalue weighted by Crippen LogP contribution is -2.30. The maximum absolute atomic E-state index is 13.1. The molecule has 0 bridgehead atoms. The number of phosphoric acid groups is 2. The van der Waals surface area contributed by atoms with Crippen molar-refractivity contribution in [3.63, 3.8) is 0 Å². The summed E-state index contributed by atoms with van der Waals surface area (Å²) in [5, 5.41) is 10.6. The predicted molar refractivity (Wildman–Crippen MR) is 427 cm³/mol. The van der Waals surface area contributed by atoms with Gasteiger partial charge in [0.2, 0.25) is 0 Å². The van der Waals surface area contributed by atoms with Crippen molar-refractivity contribution in [1.82, 2.24) is 0 Å². The van der Waals surface area contributed by atoms with Crippen LogP contribution in [0.2, 0.25) is 0 Å². The molecule has 2 unspecified atom stereocenters. The average molecular weight is 1500 g/mol. The molecular formula is C85H146O17P2. The van der Waals surface area contributed by atoms with Crippen molar-refractivity contribution >= 4 is 39.5 Å². The quantitative estimate of drug-likeness (QED) is 0.0169. The van der Waals surface area contributed by atoms with E-state index < -0.39 is 97.5 Å². The molecule has 0 spiro atoms. The zero-order valence-corrected chi connectivity index (χ0v) is 67.2. The summed E-state index contributed by atoms with van der Waals surface area (Å²) in [5.41, 5.74) is 0. The smallest absolute Gasteiger partial charge is 0.462 e. The van der Waals surface area contributed by atoms with Gasteiger partial charge >= 0.3 is 39.5 Å². The predicted octanol–water partition coefficient (Wildman–Crippen LogP) is 23.9. The molecule has 17 nitrogen and oxygen atoms in total. The highest BCUT2D eigenvalue weighted by Gasteiger charge is 2.30. The number of esters is 4. The Kier molecular flexibility index (Phi) is 73.3. The van der Waals surface area contributed by atoms with E-state index in [0.29, 0.717) is 32.1 Å². The number of aliphatic hydroxyl groups excluding tert-OH is 1. The second-order valence-electron chi connectivity index (χ2n) is 27.0. The zero-order chi connectivity index (χ0) is 76.0. The van der Waals surface area contributed by atoms with Crippen LogP contribution in [0, 0.1) is 0 Å². The highest BCUT2D eigenvalue weighted by atomic mass is 31.2. The highest BCUT2D eigenvalue weighted by Crippen LogP contribution is 2.45. The molecule has 19 heteroatoms. The Balaban J connectivity index is 5.45. The molecule has 3 N–H and O–H groups in total. The number of carbonyl (C=O) groups excluding carboxylic acids is 4. The summed E-state index contributed by atoms with van der Waals surface area (Å²) in [6, 6.07) is 0. The van der Waals surface area contributed by atoms with E-state index in [-0.39, 0.29) is 25.7 Å². The van der Waals surface area contributed by atoms with Gasteiger partial charge in [0, 0.05) is 25.7 Å². The molecule has 598 valence electrons. The second-order valence-corrected chi connectivity index (χ2v) is 29.9. The first-order chi connectivity index (χ1) is 50.7. The van der Waals surface area contributed by atoms with Gasteiger partial charge in [0.15, 0.2) is 12.2 Å². The normalized spacial score (nSPS) is 14.5. The molecule has 0 radical (unpaired) electrons. The van der Waals surface area contributed by atoms with Crippen LogP contribution < -0.4 is 0 Å². The Bertz CT molecular complexity index is 2440. The number of aliphatic hydroxyl groups is 1. The first kappa shape index (κ1) is 99.5. The maximum atomic E-state index is 13.1. The van der Waals surface area contributed by atoms with Crippen LogP contribution in [-0.4, -0.2) is 96.7 Å². The molecule has 0 amide bonds. The molecule has 0 aromatic heterocycles. The summed E-state index contributed by atoms with van der Waals surface area (Å²) in [5.74, 6) is -2.30. The molecule has 0 aromatic carbocycles. The van der Waals surface area contributed by atoms with Crippen LogP contribution in [0.25, 0.3) is 0 Å². The molecule has 5 atom stereocenters. The van der Waals surface area contributed by atoms with Crippen LogP contribution in [0.15, 0.2) is 122 Å². The fourth-order valence-corrected chi connectivity index (χ4v) is 12.3. The molecule has 0 aliphatic rings. The Morgan fingerprint density at radius 1 is 0.279 bits per heavy atom. The number of phosphoric ester groups is 2. The van der Waals surface area contributed by atoms with Gasteiger partial charge in [-0.1, -0.05) is 284 Å². The van der Waals surface area contributed by atoms with Gasteiger partial charge in [-0.3, -0.25) is 37.3 Å². The standard InChI is InChI=1S/C85H146O17P2/c1-5-9-13-17-21-25-29-33-37-38-39-40-44-48-52-56-60-64-68-72-85(90)102-81(76-96-83(88)70-66-62-58-54-50-46-42-35-31-27-23-19-15-11-7-3)78-100-104(93,94)98-74-79(86)73-97-103(91,92)99-77-80(101-84(89)71-67-63-59-55-51-47-43-36-32-28-24-20-16-12-8-4)75-95-82(87)69-65-61-57-53-49-45-41-34-30-26-22-18-14-10-6-2/h9,13,21-22,25-26,33-37,39-43,48,52,60,64,79-81,86H,5-8,10-12,14-20,23-24,27-32,38,44-47,49-51,53-59,61-63,65-78H2,1-4H3,(H,91,92)(H,93,94)/b13-9-,25-21-,26-22-,37-33-,40-39-,41-34-,42-35-,43-36-,52-48-,64-60-/t79-,80-,81-/m1/s1. The number of hydrogen-bond donors (Lipinski definition) is 3. The Morgan fingerprint density at radius 2 is 0.519 bits per heavy atom. The molecule has 0 aromatic rings. The van der Waals surface area contributed by atoms with E-state index in [1.807, 2.05) is 18.2 Å². The van der Waals surface area contributed by atoms with E-state index >= 15 is 0 Å². The summed E-state index contributed by atoms with van der Waals surface area (Å²) in [6.07, 6.45) is 84.7. The molecular weight excluding hydrogens is 1350 g/mol. The van der Waals surface area contributed by atoms with E-state index in [1.165, 1.54) is 96.3 Å². The minimum Gasteiger partial charge on any atom is -0.462 e. The summed E-state index contributed by atoms with van der Waals surface area (Å²) in [7, 11) is -9.99. The lowest BCUT2D eigenvalue weighted by molar-refractivity contribution is -0.161. The number of ether oxygens (including phenoxy) is 4. The van der Waals surface area contributed by atoms with Crippen molar-refractivity contribution in [1.29, 1.82) is 0 Å². The molecule has 0 aliphatic heterocycles. The van der Waals surface area contributed by atoms with E-state index in [1.54, 1.807) is 0 Å². The molecule has 0 heterocycles. The first-order valence-corrected chi connectivity index (χ1v) is 43.8. The van der Waals surface area contributed by atoms with E-state index in [9.17, 15) is 43.2 Å². The SMILES string of the molecule is CC/C=C\C/C=C\C/C=C\C/C=C\C/C=C\C/C=C\CCC(=O)O[C@H](COC(=O)CCCCCCC/C=C\CCCCCCCC)COP(=O)(O)OC[C@H](O)COP(=O)(O)OC[C@@H](COC(=O)CCCCCCC/C=C\C/C=C\CCCCC)OC(=O)CCCCCCC/C=C\CCCCCCCC. The molecule has 0 aliphatic carbocycles. The van der Waals surface area contributed by atoms with E-state index in [2.05, 4.69) is 131 Å². The fraction of sp³-hybridized carbons (Fsp3) is 0.718. The van der Waals surface area contributed by atoms with Crippen LogP contribution in [0.3, 0.4) is 0 Å². The third-order valence-electron chi connectivity index (χ3n) is 16.9. The Hall–Kier alpha value is -4.54. The van der Waals surface area contributed by atoms with Gasteiger partial charge in [0.25, 0.3) is 0 Å². The Morgan fingerprint density at radius 3 is 0.856 bits per heavy atom. The third-order valence-corrected chi connectivity index (χ3v) is 18.8. The lowest BCUT2D eigenvalue weighted by atomic mass is 10.1. The van der Waals surface area contributed by atoms with E-state index in [0.717, 1.165) is 154 Å². The maximum Gasteiger partial charge on any atom is 0.472 e. The topological polar surface area (TPSA) is 237 Å². The molecule has 0 rings (SSSR count). The van der Waals surface area contributed by atoms with Crippen LogP contribution in [0.4, 0.5) is 0 Å². The number of rotatable bonds is 76. The van der Waals surface area contributed by atoms with Gasteiger partial charge in [-0.25, -0.2) is 9.13 Å². The van der Waals surface area contributed by atoms with Crippen LogP contribution in [0.5, 0.6) is 0 Å². The summed E-state index contributed by atoms with van der Waals surface area (Å²) < 4.78 is 68.6. The first-order valence-electron chi connectivity index (χ1n) is 40.8. The minimum atomic E-state index is -5.00. The van der Waals surface area contributed by atoms with Crippen molar-refractivity contribution in [3.8, 4) is 0 Å². The minimum absolute atomic E-state index is 0.0337. The van der Waals surface area contributed by atoms with Crippen LogP contribution >= 0.6 is 15.6 Å². The van der Waals surface area contributed by atoms with Gasteiger partial charge in [0.05, 0.1) is 26.4 Å². The largest absolute Gasteiger partial charge is 0.472 e. The van der Waals surface area contributed by atoms with Crippen molar-refractivity contribution in [2.45, 2.75) is 354 Å². The van der Waals surface area contributed by atoms with Gasteiger partial charge in [-0.2, -0.15) is 0 Å². The van der Waals surface area contributed by atoms with Gasteiger partial charge in [0.1, 0.15) is 19.3 Å². The second kappa shape index (κ2) is 76.6. The van der Waals surface area contributed by atoms with Crippen molar-refractivity contribution in [3.05, 3.63) is 122 Å². The molecule has 0 fully saturated rings. The van der Waals surface area contributed by atoms with E-state index in [4.69, 9.17) is 37.0 Å². The summed E-state index contributed by atoms with van der Waals surface area (Å²) >= 11 is 0. The van der Waals surface area contributed by atoms with Crippen molar-refractivity contribution < 1.29 is 80.2 Å². The molecule has 0 saturated heterocycles. The fourth-order valence-electron chi connectivity index (χ4n) is 10.7. The third kappa shape index (κ3) is 75.7. The summed E-state index contributed by atoms with van der Waals surface area (Å²) in [6.45, 7) is 4.63. The summed E-state index contributed by atoms with van der Waals surface area (Å²) in [4.78, 5) is 73.0. The highest BCUT2D eigenvalue weighted by molar-refractivity contribution is 7.47. The molecule has 0 saturated carbocycles. The van der Waals surface area contributed by atoms with Gasteiger partial charge < -0.3 is 33.8 Å². The zero-order valence-electron chi connectivity index (χ0n) is 65.4. The van der Waals surface area contributed by atoms with Gasteiger partial charge in [-0.05, 0) is 148 Å². The lowest BCUT2D eigenvalue weighted by Gasteiger charge is -2.21.